The van der Waals surface area contributed by atoms with Crippen LogP contribution in [-0.2, 0) is 0 Å². The highest BCUT2D eigenvalue weighted by Gasteiger charge is 2.25. The van der Waals surface area contributed by atoms with Gasteiger partial charge in [0.15, 0.2) is 5.82 Å². The molecule has 0 unspecified atom stereocenters. The molecular formula is C15H17N5. The fourth-order valence-electron chi connectivity index (χ4n) is 2.19. The number of anilines is 2. The van der Waals surface area contributed by atoms with Crippen LogP contribution in [0.15, 0.2) is 18.2 Å². The largest absolute Gasteiger partial charge is 0.382 e. The van der Waals surface area contributed by atoms with E-state index in [-0.39, 0.29) is 0 Å². The van der Waals surface area contributed by atoms with Crippen LogP contribution >= 0.6 is 0 Å². The first-order valence-electron chi connectivity index (χ1n) is 6.73. The zero-order chi connectivity index (χ0) is 14.3. The van der Waals surface area contributed by atoms with Gasteiger partial charge in [-0.2, -0.15) is 5.26 Å². The normalized spacial score (nSPS) is 14.1. The first-order chi connectivity index (χ1) is 9.60. The summed E-state index contributed by atoms with van der Waals surface area (Å²) in [4.78, 5) is 0. The monoisotopic (exact) mass is 267 g/mol. The van der Waals surface area contributed by atoms with Crippen molar-refractivity contribution in [1.29, 1.82) is 5.26 Å². The second-order valence-corrected chi connectivity index (χ2v) is 5.34. The molecule has 2 aromatic rings. The lowest BCUT2D eigenvalue weighted by atomic mass is 10.1. The quantitative estimate of drug-likeness (QED) is 0.895. The van der Waals surface area contributed by atoms with Gasteiger partial charge in [0.2, 0.25) is 0 Å². The van der Waals surface area contributed by atoms with Gasteiger partial charge in [0.25, 0.3) is 0 Å². The average molecular weight is 267 g/mol. The van der Waals surface area contributed by atoms with Gasteiger partial charge in [-0.15, -0.1) is 5.10 Å². The Morgan fingerprint density at radius 2 is 2.15 bits per heavy atom. The number of nitrogens with two attached hydrogens (primary N) is 1. The number of nitrogens with one attached hydrogen (secondary N) is 1. The molecule has 0 atom stereocenters. The van der Waals surface area contributed by atoms with Crippen molar-refractivity contribution in [1.82, 2.24) is 9.78 Å². The molecule has 1 fully saturated rings. The molecule has 5 heteroatoms. The SMILES string of the molecule is Cc1ccc(C)c(-n2nc(NC3CC3)c(C#N)c2N)c1. The lowest BCUT2D eigenvalue weighted by molar-refractivity contribution is 0.878. The molecule has 0 saturated heterocycles. The van der Waals surface area contributed by atoms with Crippen molar-refractivity contribution in [3.63, 3.8) is 0 Å². The van der Waals surface area contributed by atoms with Crippen LogP contribution < -0.4 is 11.1 Å². The number of hydrogen-bond acceptors (Lipinski definition) is 4. The number of rotatable bonds is 3. The summed E-state index contributed by atoms with van der Waals surface area (Å²) in [6.45, 7) is 4.03. The number of aryl methyl sites for hydroxylation is 2. The number of nitriles is 1. The first-order valence-corrected chi connectivity index (χ1v) is 6.73. The molecule has 3 rings (SSSR count). The Labute approximate surface area is 118 Å². The highest BCUT2D eigenvalue weighted by molar-refractivity contribution is 5.67. The van der Waals surface area contributed by atoms with Crippen molar-refractivity contribution in [3.8, 4) is 11.8 Å². The van der Waals surface area contributed by atoms with Crippen LogP contribution in [0.4, 0.5) is 11.6 Å². The van der Waals surface area contributed by atoms with Crippen molar-refractivity contribution in [2.45, 2.75) is 32.7 Å². The summed E-state index contributed by atoms with van der Waals surface area (Å²) in [5, 5.41) is 17.1. The maximum absolute atomic E-state index is 9.29. The lowest BCUT2D eigenvalue weighted by Gasteiger charge is -2.08. The fraction of sp³-hybridized carbons (Fsp3) is 0.333. The van der Waals surface area contributed by atoms with E-state index in [0.29, 0.717) is 23.2 Å². The molecule has 1 aliphatic carbocycles. The minimum atomic E-state index is 0.393. The van der Waals surface area contributed by atoms with Gasteiger partial charge in [0.05, 0.1) is 5.69 Å². The number of hydrogen-bond donors (Lipinski definition) is 2. The molecule has 0 spiro atoms. The predicted octanol–water partition coefficient (Wildman–Crippen LogP) is 2.52. The van der Waals surface area contributed by atoms with Crippen molar-refractivity contribution < 1.29 is 0 Å². The smallest absolute Gasteiger partial charge is 0.168 e. The second kappa shape index (κ2) is 4.57. The Balaban J connectivity index is 2.11. The van der Waals surface area contributed by atoms with Crippen LogP contribution in [0, 0.1) is 25.2 Å². The third-order valence-electron chi connectivity index (χ3n) is 3.54. The summed E-state index contributed by atoms with van der Waals surface area (Å²) in [5.41, 5.74) is 9.66. The molecule has 1 aliphatic rings. The number of aromatic nitrogens is 2. The fourth-order valence-corrected chi connectivity index (χ4v) is 2.19. The lowest BCUT2D eigenvalue weighted by Crippen LogP contribution is -2.05. The molecule has 0 aliphatic heterocycles. The maximum atomic E-state index is 9.29. The molecule has 1 heterocycles. The minimum absolute atomic E-state index is 0.393. The Morgan fingerprint density at radius 3 is 2.80 bits per heavy atom. The van der Waals surface area contributed by atoms with Gasteiger partial charge in [-0.3, -0.25) is 0 Å². The van der Waals surface area contributed by atoms with Gasteiger partial charge in [0, 0.05) is 6.04 Å². The van der Waals surface area contributed by atoms with Crippen LogP contribution in [-0.4, -0.2) is 15.8 Å². The van der Waals surface area contributed by atoms with Gasteiger partial charge < -0.3 is 11.1 Å². The van der Waals surface area contributed by atoms with Crippen LogP contribution in [0.25, 0.3) is 5.69 Å². The molecule has 3 N–H and O–H groups in total. The molecule has 5 nitrogen and oxygen atoms in total. The third-order valence-corrected chi connectivity index (χ3v) is 3.54. The van der Waals surface area contributed by atoms with Crippen molar-refractivity contribution in [3.05, 3.63) is 34.9 Å². The van der Waals surface area contributed by atoms with Crippen LogP contribution in [0.1, 0.15) is 29.5 Å². The topological polar surface area (TPSA) is 79.7 Å². The zero-order valence-electron chi connectivity index (χ0n) is 11.6. The number of nitrogens with zero attached hydrogens (tertiary/aromatic N) is 3. The van der Waals surface area contributed by atoms with Crippen LogP contribution in [0.3, 0.4) is 0 Å². The summed E-state index contributed by atoms with van der Waals surface area (Å²) in [6, 6.07) is 8.69. The average Bonchev–Trinajstić information content (AvgIpc) is 3.17. The summed E-state index contributed by atoms with van der Waals surface area (Å²) in [7, 11) is 0. The molecule has 0 amide bonds. The van der Waals surface area contributed by atoms with Crippen molar-refractivity contribution >= 4 is 11.6 Å². The van der Waals surface area contributed by atoms with Crippen molar-refractivity contribution in [2.24, 2.45) is 0 Å². The minimum Gasteiger partial charge on any atom is -0.382 e. The van der Waals surface area contributed by atoms with E-state index in [1.165, 1.54) is 0 Å². The van der Waals surface area contributed by atoms with Crippen molar-refractivity contribution in [2.75, 3.05) is 11.1 Å². The van der Waals surface area contributed by atoms with E-state index in [2.05, 4.69) is 16.5 Å². The summed E-state index contributed by atoms with van der Waals surface area (Å²) >= 11 is 0. The van der Waals surface area contributed by atoms with E-state index >= 15 is 0 Å². The first kappa shape index (κ1) is 12.5. The zero-order valence-corrected chi connectivity index (χ0v) is 11.6. The standard InChI is InChI=1S/C15H17N5/c1-9-3-4-10(2)13(7-9)20-14(17)12(8-16)15(19-20)18-11-5-6-11/h3-4,7,11H,5-6,17H2,1-2H3,(H,18,19). The molecule has 1 aromatic heterocycles. The van der Waals surface area contributed by atoms with Gasteiger partial charge in [-0.25, -0.2) is 4.68 Å². The molecule has 1 saturated carbocycles. The number of benzene rings is 1. The second-order valence-electron chi connectivity index (χ2n) is 5.34. The molecule has 0 radical (unpaired) electrons. The third kappa shape index (κ3) is 2.10. The molecule has 1 aromatic carbocycles. The van der Waals surface area contributed by atoms with Gasteiger partial charge >= 0.3 is 0 Å². The van der Waals surface area contributed by atoms with Crippen LogP contribution in [0.2, 0.25) is 0 Å². The highest BCUT2D eigenvalue weighted by atomic mass is 15.4. The van der Waals surface area contributed by atoms with Gasteiger partial charge in [-0.1, -0.05) is 12.1 Å². The maximum Gasteiger partial charge on any atom is 0.168 e. The highest BCUT2D eigenvalue weighted by Crippen LogP contribution is 2.30. The summed E-state index contributed by atoms with van der Waals surface area (Å²) < 4.78 is 1.66. The van der Waals surface area contributed by atoms with E-state index in [1.54, 1.807) is 4.68 Å². The Morgan fingerprint density at radius 1 is 1.40 bits per heavy atom. The molecule has 20 heavy (non-hydrogen) atoms. The van der Waals surface area contributed by atoms with Crippen LogP contribution in [0.5, 0.6) is 0 Å². The molecule has 102 valence electrons. The Hall–Kier alpha value is -2.48. The summed E-state index contributed by atoms with van der Waals surface area (Å²) in [6.07, 6.45) is 2.25. The number of nitrogen functional groups attached to an aromatic ring is 1. The van der Waals surface area contributed by atoms with E-state index < -0.39 is 0 Å². The Kier molecular flexibility index (Phi) is 2.87. The van der Waals surface area contributed by atoms with E-state index in [4.69, 9.17) is 5.73 Å². The summed E-state index contributed by atoms with van der Waals surface area (Å²) in [5.74, 6) is 0.984. The Bertz CT molecular complexity index is 704. The van der Waals surface area contributed by atoms with Gasteiger partial charge in [0.1, 0.15) is 17.5 Å². The predicted molar refractivity (Wildman–Crippen MR) is 78.8 cm³/mol. The van der Waals surface area contributed by atoms with E-state index in [9.17, 15) is 5.26 Å². The molecular weight excluding hydrogens is 250 g/mol. The van der Waals surface area contributed by atoms with E-state index in [1.807, 2.05) is 32.0 Å². The van der Waals surface area contributed by atoms with Gasteiger partial charge in [-0.05, 0) is 43.9 Å². The van der Waals surface area contributed by atoms with E-state index in [0.717, 1.165) is 29.7 Å². The molecule has 0 bridgehead atoms.